The molecule has 0 saturated heterocycles. The minimum atomic E-state index is 0.0926. The molecule has 0 saturated carbocycles. The molecule has 2 rings (SSSR count). The molecule has 0 bridgehead atoms. The van der Waals surface area contributed by atoms with Crippen LogP contribution >= 0.6 is 11.3 Å². The Balaban J connectivity index is 2.56. The molecule has 0 fully saturated rings. The van der Waals surface area contributed by atoms with E-state index in [-0.39, 0.29) is 12.1 Å². The number of nitrogens with two attached hydrogens (primary N) is 1. The van der Waals surface area contributed by atoms with Gasteiger partial charge in [0.15, 0.2) is 0 Å². The molecular weight excluding hydrogens is 266 g/mol. The van der Waals surface area contributed by atoms with Gasteiger partial charge in [0.2, 0.25) is 0 Å². The summed E-state index contributed by atoms with van der Waals surface area (Å²) in [6, 6.07) is 2.41. The fraction of sp³-hybridized carbons (Fsp3) is 0.562. The van der Waals surface area contributed by atoms with Crippen molar-refractivity contribution in [2.45, 2.75) is 59.5 Å². The zero-order valence-corrected chi connectivity index (χ0v) is 13.9. The van der Waals surface area contributed by atoms with E-state index in [0.717, 1.165) is 18.5 Å². The second kappa shape index (κ2) is 6.10. The molecule has 2 aromatic rings. The molecule has 0 aromatic carbocycles. The minimum absolute atomic E-state index is 0.0926. The third-order valence-electron chi connectivity index (χ3n) is 4.14. The SMILES string of the molecule is CCc1c(C)nn(C(c2sccc2C)C(N)CC)c1C. The van der Waals surface area contributed by atoms with Gasteiger partial charge in [-0.3, -0.25) is 4.68 Å². The topological polar surface area (TPSA) is 43.8 Å². The fourth-order valence-electron chi connectivity index (χ4n) is 2.88. The highest BCUT2D eigenvalue weighted by atomic mass is 32.1. The maximum absolute atomic E-state index is 6.42. The number of aromatic nitrogens is 2. The van der Waals surface area contributed by atoms with Crippen molar-refractivity contribution >= 4 is 11.3 Å². The van der Waals surface area contributed by atoms with Crippen LogP contribution in [0.15, 0.2) is 11.4 Å². The fourth-order valence-corrected chi connectivity index (χ4v) is 3.96. The largest absolute Gasteiger partial charge is 0.326 e. The first-order valence-electron chi connectivity index (χ1n) is 7.35. The van der Waals surface area contributed by atoms with Crippen LogP contribution in [0.1, 0.15) is 53.7 Å². The van der Waals surface area contributed by atoms with E-state index in [2.05, 4.69) is 50.7 Å². The van der Waals surface area contributed by atoms with Crippen LogP contribution in [0.4, 0.5) is 0 Å². The molecule has 2 heterocycles. The molecule has 2 unspecified atom stereocenters. The molecule has 4 heteroatoms. The van der Waals surface area contributed by atoms with Crippen LogP contribution in [0.25, 0.3) is 0 Å². The molecule has 3 nitrogen and oxygen atoms in total. The lowest BCUT2D eigenvalue weighted by molar-refractivity contribution is 0.419. The highest BCUT2D eigenvalue weighted by molar-refractivity contribution is 7.10. The summed E-state index contributed by atoms with van der Waals surface area (Å²) in [5.41, 5.74) is 11.5. The van der Waals surface area contributed by atoms with Crippen molar-refractivity contribution in [3.8, 4) is 0 Å². The van der Waals surface area contributed by atoms with Crippen LogP contribution in [-0.2, 0) is 6.42 Å². The van der Waals surface area contributed by atoms with Crippen LogP contribution in [0.2, 0.25) is 0 Å². The number of hydrogen-bond acceptors (Lipinski definition) is 3. The molecule has 0 aliphatic heterocycles. The average molecular weight is 291 g/mol. The normalized spacial score (nSPS) is 14.5. The molecule has 0 aliphatic carbocycles. The van der Waals surface area contributed by atoms with Gasteiger partial charge < -0.3 is 5.73 Å². The van der Waals surface area contributed by atoms with Crippen LogP contribution in [0.5, 0.6) is 0 Å². The number of aryl methyl sites for hydroxylation is 2. The average Bonchev–Trinajstić information content (AvgIpc) is 2.95. The standard InChI is InChI=1S/C16H25N3S/c1-6-13-11(4)18-19(12(13)5)15(14(17)7-2)16-10(3)8-9-20-16/h8-9,14-15H,6-7,17H2,1-5H3. The summed E-state index contributed by atoms with van der Waals surface area (Å²) in [6.45, 7) is 10.8. The zero-order chi connectivity index (χ0) is 14.9. The van der Waals surface area contributed by atoms with Crippen molar-refractivity contribution in [2.75, 3.05) is 0 Å². The van der Waals surface area contributed by atoms with E-state index in [1.54, 1.807) is 11.3 Å². The third kappa shape index (κ3) is 2.54. The van der Waals surface area contributed by atoms with Gasteiger partial charge >= 0.3 is 0 Å². The quantitative estimate of drug-likeness (QED) is 0.911. The van der Waals surface area contributed by atoms with E-state index < -0.39 is 0 Å². The van der Waals surface area contributed by atoms with Crippen LogP contribution in [0, 0.1) is 20.8 Å². The lowest BCUT2D eigenvalue weighted by atomic mass is 10.0. The second-order valence-corrected chi connectivity index (χ2v) is 6.38. The summed E-state index contributed by atoms with van der Waals surface area (Å²) in [6.07, 6.45) is 1.97. The Morgan fingerprint density at radius 1 is 1.30 bits per heavy atom. The lowest BCUT2D eigenvalue weighted by Gasteiger charge is -2.25. The lowest BCUT2D eigenvalue weighted by Crippen LogP contribution is -2.33. The van der Waals surface area contributed by atoms with E-state index >= 15 is 0 Å². The molecule has 20 heavy (non-hydrogen) atoms. The molecular formula is C16H25N3S. The first kappa shape index (κ1) is 15.3. The maximum atomic E-state index is 6.42. The Morgan fingerprint density at radius 3 is 2.45 bits per heavy atom. The second-order valence-electron chi connectivity index (χ2n) is 5.43. The summed E-state index contributed by atoms with van der Waals surface area (Å²) in [5, 5.41) is 6.94. The smallest absolute Gasteiger partial charge is 0.102 e. The van der Waals surface area contributed by atoms with Gasteiger partial charge in [-0.15, -0.1) is 11.3 Å². The molecule has 0 amide bonds. The van der Waals surface area contributed by atoms with Gasteiger partial charge in [-0.25, -0.2) is 0 Å². The zero-order valence-electron chi connectivity index (χ0n) is 13.1. The molecule has 2 N–H and O–H groups in total. The summed E-state index contributed by atoms with van der Waals surface area (Å²) in [5.74, 6) is 0. The highest BCUT2D eigenvalue weighted by Gasteiger charge is 2.26. The Bertz CT molecular complexity index is 583. The predicted octanol–water partition coefficient (Wildman–Crippen LogP) is 3.76. The number of thiophene rings is 1. The molecule has 0 spiro atoms. The van der Waals surface area contributed by atoms with Crippen molar-refractivity contribution in [3.63, 3.8) is 0 Å². The van der Waals surface area contributed by atoms with E-state index in [4.69, 9.17) is 10.8 Å². The third-order valence-corrected chi connectivity index (χ3v) is 5.23. The van der Waals surface area contributed by atoms with E-state index in [1.807, 2.05) is 0 Å². The van der Waals surface area contributed by atoms with Crippen molar-refractivity contribution < 1.29 is 0 Å². The molecule has 110 valence electrons. The molecule has 0 aliphatic rings. The van der Waals surface area contributed by atoms with Crippen molar-refractivity contribution in [3.05, 3.63) is 38.8 Å². The van der Waals surface area contributed by atoms with Crippen molar-refractivity contribution in [2.24, 2.45) is 5.73 Å². The summed E-state index contributed by atoms with van der Waals surface area (Å²) in [4.78, 5) is 1.34. The summed E-state index contributed by atoms with van der Waals surface area (Å²) >= 11 is 1.79. The Labute approximate surface area is 125 Å². The Kier molecular flexibility index (Phi) is 4.66. The predicted molar refractivity (Wildman–Crippen MR) is 86.5 cm³/mol. The minimum Gasteiger partial charge on any atom is -0.326 e. The van der Waals surface area contributed by atoms with Crippen LogP contribution in [0.3, 0.4) is 0 Å². The van der Waals surface area contributed by atoms with Gasteiger partial charge in [0.05, 0.1) is 5.69 Å². The van der Waals surface area contributed by atoms with E-state index in [0.29, 0.717) is 0 Å². The Hall–Kier alpha value is -1.13. The monoisotopic (exact) mass is 291 g/mol. The summed E-state index contributed by atoms with van der Waals surface area (Å²) in [7, 11) is 0. The Morgan fingerprint density at radius 2 is 2.00 bits per heavy atom. The van der Waals surface area contributed by atoms with Gasteiger partial charge in [-0.2, -0.15) is 5.10 Å². The number of hydrogen-bond donors (Lipinski definition) is 1. The molecule has 2 atom stereocenters. The molecule has 0 radical (unpaired) electrons. The molecule has 2 aromatic heterocycles. The van der Waals surface area contributed by atoms with Gasteiger partial charge in [0.25, 0.3) is 0 Å². The van der Waals surface area contributed by atoms with Gasteiger partial charge in [0, 0.05) is 16.6 Å². The first-order valence-corrected chi connectivity index (χ1v) is 8.23. The van der Waals surface area contributed by atoms with Gasteiger partial charge in [-0.05, 0) is 56.2 Å². The van der Waals surface area contributed by atoms with E-state index in [1.165, 1.54) is 21.7 Å². The van der Waals surface area contributed by atoms with Crippen molar-refractivity contribution in [1.29, 1.82) is 0 Å². The van der Waals surface area contributed by atoms with Crippen LogP contribution < -0.4 is 5.73 Å². The van der Waals surface area contributed by atoms with Gasteiger partial charge in [-0.1, -0.05) is 13.8 Å². The first-order chi connectivity index (χ1) is 9.51. The number of nitrogens with zero attached hydrogens (tertiary/aromatic N) is 2. The maximum Gasteiger partial charge on any atom is 0.102 e. The van der Waals surface area contributed by atoms with E-state index in [9.17, 15) is 0 Å². The summed E-state index contributed by atoms with van der Waals surface area (Å²) < 4.78 is 2.15. The highest BCUT2D eigenvalue weighted by Crippen LogP contribution is 2.32. The van der Waals surface area contributed by atoms with Crippen LogP contribution in [-0.4, -0.2) is 15.8 Å². The van der Waals surface area contributed by atoms with Crippen molar-refractivity contribution in [1.82, 2.24) is 9.78 Å². The number of rotatable bonds is 5. The van der Waals surface area contributed by atoms with Gasteiger partial charge in [0.1, 0.15) is 6.04 Å².